The Morgan fingerprint density at radius 1 is 1.09 bits per heavy atom. The van der Waals surface area contributed by atoms with Gasteiger partial charge in [-0.2, -0.15) is 0 Å². The van der Waals surface area contributed by atoms with E-state index in [1.165, 1.54) is 29.8 Å². The van der Waals surface area contributed by atoms with Crippen LogP contribution >= 0.6 is 23.2 Å². The van der Waals surface area contributed by atoms with Gasteiger partial charge in [0, 0.05) is 22.8 Å². The van der Waals surface area contributed by atoms with Crippen molar-refractivity contribution in [2.45, 2.75) is 45.6 Å². The maximum Gasteiger partial charge on any atom is 0.335 e. The number of hydrogen-bond donors (Lipinski definition) is 1. The van der Waals surface area contributed by atoms with Gasteiger partial charge in [-0.15, -0.1) is 0 Å². The number of urea groups is 1. The third kappa shape index (κ3) is 4.13. The van der Waals surface area contributed by atoms with Gasteiger partial charge < -0.3 is 4.90 Å². The van der Waals surface area contributed by atoms with Gasteiger partial charge in [0.1, 0.15) is 5.57 Å². The summed E-state index contributed by atoms with van der Waals surface area (Å²) in [5, 5.41) is 2.73. The maximum absolute atomic E-state index is 13.2. The number of fused-ring (bicyclic) bond motifs is 1. The summed E-state index contributed by atoms with van der Waals surface area (Å²) in [4.78, 5) is 41.5. The Balaban J connectivity index is 1.74. The van der Waals surface area contributed by atoms with Crippen LogP contribution in [0.25, 0.3) is 6.08 Å². The second-order valence-corrected chi connectivity index (χ2v) is 9.88. The molecule has 2 aliphatic heterocycles. The van der Waals surface area contributed by atoms with Crippen LogP contribution in [-0.2, 0) is 9.59 Å². The summed E-state index contributed by atoms with van der Waals surface area (Å²) >= 11 is 12.2. The first-order chi connectivity index (χ1) is 15.5. The molecule has 0 saturated carbocycles. The highest BCUT2D eigenvalue weighted by atomic mass is 35.5. The van der Waals surface area contributed by atoms with Crippen LogP contribution < -0.4 is 15.1 Å². The summed E-state index contributed by atoms with van der Waals surface area (Å²) in [5.74, 6) is -1.17. The summed E-state index contributed by atoms with van der Waals surface area (Å²) < 4.78 is 0. The molecule has 4 rings (SSSR count). The number of carbonyl (C=O) groups excluding carboxylic acids is 3. The van der Waals surface area contributed by atoms with Crippen molar-refractivity contribution in [3.63, 3.8) is 0 Å². The van der Waals surface area contributed by atoms with Crippen LogP contribution in [0.1, 0.15) is 51.2 Å². The zero-order valence-electron chi connectivity index (χ0n) is 18.9. The van der Waals surface area contributed by atoms with Crippen LogP contribution in [-0.4, -0.2) is 29.9 Å². The van der Waals surface area contributed by atoms with Crippen molar-refractivity contribution in [1.29, 1.82) is 0 Å². The largest absolute Gasteiger partial charge is 0.366 e. The van der Waals surface area contributed by atoms with Gasteiger partial charge in [-0.1, -0.05) is 36.2 Å². The lowest BCUT2D eigenvalue weighted by atomic mass is 9.79. The molecule has 2 heterocycles. The number of rotatable bonds is 3. The van der Waals surface area contributed by atoms with Crippen molar-refractivity contribution in [1.82, 2.24) is 5.32 Å². The van der Waals surface area contributed by atoms with E-state index in [0.29, 0.717) is 16.5 Å². The van der Waals surface area contributed by atoms with E-state index in [1.54, 1.807) is 0 Å². The molecule has 33 heavy (non-hydrogen) atoms. The molecule has 0 radical (unpaired) electrons. The smallest absolute Gasteiger partial charge is 0.335 e. The highest BCUT2D eigenvalue weighted by Gasteiger charge is 2.38. The molecule has 1 saturated heterocycles. The van der Waals surface area contributed by atoms with Gasteiger partial charge in [-0.25, -0.2) is 9.69 Å². The zero-order chi connectivity index (χ0) is 24.1. The normalized spacial score (nSPS) is 21.3. The van der Waals surface area contributed by atoms with Crippen molar-refractivity contribution in [2.24, 2.45) is 0 Å². The highest BCUT2D eigenvalue weighted by Crippen LogP contribution is 2.43. The van der Waals surface area contributed by atoms with Crippen LogP contribution in [0.3, 0.4) is 0 Å². The van der Waals surface area contributed by atoms with Crippen LogP contribution in [0.4, 0.5) is 16.2 Å². The minimum atomic E-state index is -0.855. The molecule has 6 nitrogen and oxygen atoms in total. The molecule has 1 atom stereocenters. The predicted molar refractivity (Wildman–Crippen MR) is 132 cm³/mol. The minimum absolute atomic E-state index is 0.0408. The third-order valence-electron chi connectivity index (χ3n) is 6.29. The van der Waals surface area contributed by atoms with Crippen molar-refractivity contribution in [3.05, 3.63) is 63.1 Å². The lowest BCUT2D eigenvalue weighted by Crippen LogP contribution is -2.54. The van der Waals surface area contributed by atoms with Crippen molar-refractivity contribution in [2.75, 3.05) is 16.3 Å². The number of amides is 4. The Labute approximate surface area is 203 Å². The first-order valence-electron chi connectivity index (χ1n) is 10.8. The summed E-state index contributed by atoms with van der Waals surface area (Å²) in [5.41, 5.74) is 3.10. The number of nitrogens with one attached hydrogen (secondary N) is 1. The Morgan fingerprint density at radius 3 is 2.45 bits per heavy atom. The molecule has 2 aromatic rings. The lowest BCUT2D eigenvalue weighted by Gasteiger charge is -2.47. The van der Waals surface area contributed by atoms with Crippen LogP contribution in [0.5, 0.6) is 0 Å². The zero-order valence-corrected chi connectivity index (χ0v) is 20.4. The monoisotopic (exact) mass is 485 g/mol. The average Bonchev–Trinajstić information content (AvgIpc) is 2.72. The molecule has 2 aromatic carbocycles. The van der Waals surface area contributed by atoms with Gasteiger partial charge in [0.15, 0.2) is 0 Å². The molecule has 0 spiro atoms. The van der Waals surface area contributed by atoms with Gasteiger partial charge in [0.05, 0.1) is 10.7 Å². The fourth-order valence-corrected chi connectivity index (χ4v) is 5.40. The maximum atomic E-state index is 13.2. The summed E-state index contributed by atoms with van der Waals surface area (Å²) in [7, 11) is 0. The van der Waals surface area contributed by atoms with Crippen LogP contribution in [0.15, 0.2) is 42.0 Å². The van der Waals surface area contributed by atoms with Gasteiger partial charge in [-0.3, -0.25) is 14.9 Å². The SMILES string of the molecule is CCN1c2ccc(/C=C3\C(=O)NC(=O)N(c4ccc(Cl)cc4Cl)C3=O)cc2[C@H](C)CC1(C)C. The second-order valence-electron chi connectivity index (χ2n) is 9.03. The number of halogens is 2. The fraction of sp³-hybridized carbons (Fsp3) is 0.320. The van der Waals surface area contributed by atoms with Crippen LogP contribution in [0, 0.1) is 0 Å². The molecule has 8 heteroatoms. The molecule has 2 aliphatic rings. The van der Waals surface area contributed by atoms with Gasteiger partial charge >= 0.3 is 6.03 Å². The summed E-state index contributed by atoms with van der Waals surface area (Å²) in [6, 6.07) is 9.51. The van der Waals surface area contributed by atoms with Gasteiger partial charge in [-0.05, 0) is 80.6 Å². The van der Waals surface area contributed by atoms with E-state index in [0.717, 1.165) is 23.6 Å². The number of carbonyl (C=O) groups is 3. The first kappa shape index (κ1) is 23.3. The molecule has 0 aromatic heterocycles. The third-order valence-corrected chi connectivity index (χ3v) is 6.83. The van der Waals surface area contributed by atoms with E-state index in [2.05, 4.69) is 37.9 Å². The van der Waals surface area contributed by atoms with Crippen molar-refractivity contribution in [3.8, 4) is 0 Å². The minimum Gasteiger partial charge on any atom is -0.366 e. The van der Waals surface area contributed by atoms with E-state index in [9.17, 15) is 14.4 Å². The van der Waals surface area contributed by atoms with E-state index in [-0.39, 0.29) is 21.8 Å². The number of imide groups is 2. The van der Waals surface area contributed by atoms with E-state index >= 15 is 0 Å². The molecular weight excluding hydrogens is 461 g/mol. The van der Waals surface area contributed by atoms with Gasteiger partial charge in [0.25, 0.3) is 11.8 Å². The number of nitrogens with zero attached hydrogens (tertiary/aromatic N) is 2. The Hall–Kier alpha value is -2.83. The van der Waals surface area contributed by atoms with Crippen molar-refractivity contribution >= 4 is 58.5 Å². The van der Waals surface area contributed by atoms with E-state index in [4.69, 9.17) is 23.2 Å². The van der Waals surface area contributed by atoms with E-state index in [1.807, 2.05) is 18.2 Å². The molecule has 172 valence electrons. The average molecular weight is 486 g/mol. The van der Waals surface area contributed by atoms with Crippen molar-refractivity contribution < 1.29 is 14.4 Å². The van der Waals surface area contributed by atoms with E-state index < -0.39 is 17.8 Å². The van der Waals surface area contributed by atoms with Crippen LogP contribution in [0.2, 0.25) is 10.0 Å². The Morgan fingerprint density at radius 2 is 1.79 bits per heavy atom. The lowest BCUT2D eigenvalue weighted by molar-refractivity contribution is -0.122. The molecule has 1 N–H and O–H groups in total. The summed E-state index contributed by atoms with van der Waals surface area (Å²) in [6.45, 7) is 9.68. The Bertz CT molecular complexity index is 1210. The molecule has 0 aliphatic carbocycles. The summed E-state index contributed by atoms with van der Waals surface area (Å²) in [6.07, 6.45) is 2.51. The molecule has 4 amide bonds. The highest BCUT2D eigenvalue weighted by molar-refractivity contribution is 6.42. The first-order valence-corrected chi connectivity index (χ1v) is 11.6. The predicted octanol–water partition coefficient (Wildman–Crippen LogP) is 5.77. The number of hydrogen-bond acceptors (Lipinski definition) is 4. The quantitative estimate of drug-likeness (QED) is 0.442. The fourth-order valence-electron chi connectivity index (χ4n) is 4.90. The molecule has 0 unspecified atom stereocenters. The van der Waals surface area contributed by atoms with Gasteiger partial charge in [0.2, 0.25) is 0 Å². The molecule has 0 bridgehead atoms. The number of anilines is 2. The Kier molecular flexibility index (Phi) is 6.01. The number of barbiturate groups is 1. The number of benzene rings is 2. The topological polar surface area (TPSA) is 69.7 Å². The second kappa shape index (κ2) is 8.50. The standard InChI is InChI=1S/C25H25Cl2N3O3/c1-5-29-20-8-6-15(10-17(20)14(2)13-25(29,3)4)11-18-22(31)28-24(33)30(23(18)32)21-9-7-16(26)12-19(21)27/h6-12,14H,5,13H2,1-4H3,(H,28,31,33)/b18-11+/t14-/m1/s1. The molecule has 1 fully saturated rings. The molecular formula is C25H25Cl2N3O3.